The number of rotatable bonds is 4. The van der Waals surface area contributed by atoms with Crippen LogP contribution in [0.15, 0.2) is 35.2 Å². The minimum absolute atomic E-state index is 0.403. The molecule has 1 saturated carbocycles. The molecule has 15 heavy (non-hydrogen) atoms. The van der Waals surface area contributed by atoms with Gasteiger partial charge in [-0.15, -0.1) is 11.8 Å². The van der Waals surface area contributed by atoms with Crippen LogP contribution >= 0.6 is 11.8 Å². The lowest BCUT2D eigenvalue weighted by Crippen LogP contribution is -2.42. The highest BCUT2D eigenvalue weighted by atomic mass is 32.2. The minimum Gasteiger partial charge on any atom is -0.313 e. The summed E-state index contributed by atoms with van der Waals surface area (Å²) in [6.07, 6.45) is 5.44. The van der Waals surface area contributed by atoms with Crippen molar-refractivity contribution >= 4 is 11.8 Å². The lowest BCUT2D eigenvalue weighted by atomic mass is 10.0. The highest BCUT2D eigenvalue weighted by molar-refractivity contribution is 7.99. The molecule has 0 heterocycles. The first kappa shape index (κ1) is 11.0. The number of hydrogen-bond acceptors (Lipinski definition) is 2. The fourth-order valence-corrected chi connectivity index (χ4v) is 3.48. The highest BCUT2D eigenvalue weighted by Gasteiger charge is 2.31. The average molecular weight is 221 g/mol. The predicted molar refractivity (Wildman–Crippen MR) is 67.4 cm³/mol. The van der Waals surface area contributed by atoms with Gasteiger partial charge in [-0.3, -0.25) is 0 Å². The summed E-state index contributed by atoms with van der Waals surface area (Å²) in [4.78, 5) is 1.39. The van der Waals surface area contributed by atoms with Crippen LogP contribution < -0.4 is 5.32 Å². The van der Waals surface area contributed by atoms with Crippen molar-refractivity contribution in [3.8, 4) is 0 Å². The van der Waals surface area contributed by atoms with Gasteiger partial charge in [0.1, 0.15) is 0 Å². The molecule has 0 spiro atoms. The Hall–Kier alpha value is -0.470. The van der Waals surface area contributed by atoms with Gasteiger partial charge in [0.2, 0.25) is 0 Å². The van der Waals surface area contributed by atoms with Gasteiger partial charge in [0.05, 0.1) is 0 Å². The minimum atomic E-state index is 0.403. The molecule has 1 aromatic carbocycles. The van der Waals surface area contributed by atoms with E-state index in [4.69, 9.17) is 0 Å². The summed E-state index contributed by atoms with van der Waals surface area (Å²) in [5, 5.41) is 3.53. The molecule has 0 unspecified atom stereocenters. The maximum Gasteiger partial charge on any atom is 0.0272 e. The molecule has 0 amide bonds. The predicted octanol–water partition coefficient (Wildman–Crippen LogP) is 3.31. The van der Waals surface area contributed by atoms with Crippen molar-refractivity contribution < 1.29 is 0 Å². The summed E-state index contributed by atoms with van der Waals surface area (Å²) in [6.45, 7) is 0. The Morgan fingerprint density at radius 1 is 1.20 bits per heavy atom. The van der Waals surface area contributed by atoms with Crippen molar-refractivity contribution in [1.82, 2.24) is 5.32 Å². The standard InChI is InChI=1S/C13H19NS/c1-14-13(9-5-6-10-13)11-15-12-7-3-2-4-8-12/h2-4,7-8,14H,5-6,9-11H2,1H3. The maximum absolute atomic E-state index is 3.53. The van der Waals surface area contributed by atoms with Crippen molar-refractivity contribution in [2.45, 2.75) is 36.1 Å². The van der Waals surface area contributed by atoms with Crippen LogP contribution in [0.1, 0.15) is 25.7 Å². The lowest BCUT2D eigenvalue weighted by Gasteiger charge is -2.28. The van der Waals surface area contributed by atoms with Crippen LogP contribution in [0.5, 0.6) is 0 Å². The molecular weight excluding hydrogens is 202 g/mol. The van der Waals surface area contributed by atoms with E-state index in [9.17, 15) is 0 Å². The molecule has 2 heteroatoms. The van der Waals surface area contributed by atoms with E-state index in [0.29, 0.717) is 5.54 Å². The second-order valence-corrected chi connectivity index (χ2v) is 5.39. The fraction of sp³-hybridized carbons (Fsp3) is 0.538. The lowest BCUT2D eigenvalue weighted by molar-refractivity contribution is 0.406. The SMILES string of the molecule is CNC1(CSc2ccccc2)CCCC1. The third-order valence-electron chi connectivity index (χ3n) is 3.35. The Bertz CT molecular complexity index is 291. The summed E-state index contributed by atoms with van der Waals surface area (Å²) >= 11 is 1.98. The van der Waals surface area contributed by atoms with E-state index in [2.05, 4.69) is 42.7 Å². The summed E-state index contributed by atoms with van der Waals surface area (Å²) in [7, 11) is 2.11. The monoisotopic (exact) mass is 221 g/mol. The molecule has 0 radical (unpaired) electrons. The Morgan fingerprint density at radius 3 is 2.47 bits per heavy atom. The second-order valence-electron chi connectivity index (χ2n) is 4.34. The van der Waals surface area contributed by atoms with Gasteiger partial charge >= 0.3 is 0 Å². The van der Waals surface area contributed by atoms with Crippen molar-refractivity contribution in [3.63, 3.8) is 0 Å². The van der Waals surface area contributed by atoms with Gasteiger partial charge in [-0.25, -0.2) is 0 Å². The topological polar surface area (TPSA) is 12.0 Å². The Balaban J connectivity index is 1.92. The molecule has 0 bridgehead atoms. The second kappa shape index (κ2) is 5.04. The quantitative estimate of drug-likeness (QED) is 0.783. The van der Waals surface area contributed by atoms with E-state index in [-0.39, 0.29) is 0 Å². The van der Waals surface area contributed by atoms with Gasteiger partial charge in [-0.05, 0) is 32.0 Å². The van der Waals surface area contributed by atoms with E-state index in [0.717, 1.165) is 0 Å². The van der Waals surface area contributed by atoms with Gasteiger partial charge in [0, 0.05) is 16.2 Å². The van der Waals surface area contributed by atoms with Gasteiger partial charge < -0.3 is 5.32 Å². The molecule has 1 nitrogen and oxygen atoms in total. The van der Waals surface area contributed by atoms with Gasteiger partial charge in [-0.1, -0.05) is 31.0 Å². The summed E-state index contributed by atoms with van der Waals surface area (Å²) in [5.74, 6) is 1.20. The maximum atomic E-state index is 3.53. The molecule has 1 aliphatic carbocycles. The summed E-state index contributed by atoms with van der Waals surface area (Å²) in [5.41, 5.74) is 0.403. The Morgan fingerprint density at radius 2 is 1.87 bits per heavy atom. The van der Waals surface area contributed by atoms with E-state index in [1.807, 2.05) is 11.8 Å². The molecule has 0 atom stereocenters. The molecule has 1 N–H and O–H groups in total. The van der Waals surface area contributed by atoms with Crippen LogP contribution in [0.25, 0.3) is 0 Å². The van der Waals surface area contributed by atoms with E-state index in [1.54, 1.807) is 0 Å². The van der Waals surface area contributed by atoms with Gasteiger partial charge in [0.15, 0.2) is 0 Å². The van der Waals surface area contributed by atoms with Crippen LogP contribution in [0, 0.1) is 0 Å². The molecule has 82 valence electrons. The third kappa shape index (κ3) is 2.76. The number of benzene rings is 1. The van der Waals surface area contributed by atoms with Crippen LogP contribution in [-0.2, 0) is 0 Å². The first-order valence-corrected chi connectivity index (χ1v) is 6.70. The van der Waals surface area contributed by atoms with Crippen LogP contribution in [0.4, 0.5) is 0 Å². The van der Waals surface area contributed by atoms with Crippen molar-refractivity contribution in [2.24, 2.45) is 0 Å². The molecule has 0 aromatic heterocycles. The number of nitrogens with one attached hydrogen (secondary N) is 1. The van der Waals surface area contributed by atoms with Crippen molar-refractivity contribution in [2.75, 3.05) is 12.8 Å². The zero-order valence-corrected chi connectivity index (χ0v) is 10.1. The molecular formula is C13H19NS. The molecule has 1 aromatic rings. The van der Waals surface area contributed by atoms with E-state index < -0.39 is 0 Å². The zero-order chi connectivity index (χ0) is 10.6. The highest BCUT2D eigenvalue weighted by Crippen LogP contribution is 2.34. The molecule has 2 rings (SSSR count). The van der Waals surface area contributed by atoms with Gasteiger partial charge in [0.25, 0.3) is 0 Å². The molecule has 0 aliphatic heterocycles. The van der Waals surface area contributed by atoms with Crippen LogP contribution in [0.2, 0.25) is 0 Å². The third-order valence-corrected chi connectivity index (χ3v) is 4.65. The fourth-order valence-electron chi connectivity index (χ4n) is 2.26. The van der Waals surface area contributed by atoms with Crippen LogP contribution in [0.3, 0.4) is 0 Å². The Labute approximate surface area is 96.7 Å². The van der Waals surface area contributed by atoms with Gasteiger partial charge in [-0.2, -0.15) is 0 Å². The smallest absolute Gasteiger partial charge is 0.0272 e. The van der Waals surface area contributed by atoms with Crippen LogP contribution in [-0.4, -0.2) is 18.3 Å². The largest absolute Gasteiger partial charge is 0.313 e. The molecule has 1 aliphatic rings. The Kier molecular flexibility index (Phi) is 3.71. The summed E-state index contributed by atoms with van der Waals surface area (Å²) < 4.78 is 0. The zero-order valence-electron chi connectivity index (χ0n) is 9.33. The summed E-state index contributed by atoms with van der Waals surface area (Å²) in [6, 6.07) is 10.7. The first-order valence-electron chi connectivity index (χ1n) is 5.71. The van der Waals surface area contributed by atoms with E-state index in [1.165, 1.54) is 36.3 Å². The van der Waals surface area contributed by atoms with E-state index >= 15 is 0 Å². The van der Waals surface area contributed by atoms with Crippen molar-refractivity contribution in [1.29, 1.82) is 0 Å². The number of hydrogen-bond donors (Lipinski definition) is 1. The normalized spacial score (nSPS) is 19.3. The average Bonchev–Trinajstić information content (AvgIpc) is 2.77. The van der Waals surface area contributed by atoms with Crippen molar-refractivity contribution in [3.05, 3.63) is 30.3 Å². The number of thioether (sulfide) groups is 1. The first-order chi connectivity index (χ1) is 7.35. The molecule has 0 saturated heterocycles. The molecule has 1 fully saturated rings.